The van der Waals surface area contributed by atoms with Crippen molar-refractivity contribution in [1.82, 2.24) is 5.32 Å². The summed E-state index contributed by atoms with van der Waals surface area (Å²) in [6.45, 7) is 0. The van der Waals surface area contributed by atoms with Gasteiger partial charge in [0, 0.05) is 6.42 Å². The summed E-state index contributed by atoms with van der Waals surface area (Å²) in [5.41, 5.74) is 6.49. The zero-order valence-corrected chi connectivity index (χ0v) is 13.2. The van der Waals surface area contributed by atoms with Gasteiger partial charge in [0.05, 0.1) is 0 Å². The van der Waals surface area contributed by atoms with E-state index in [0.29, 0.717) is 18.6 Å². The molecule has 1 amide bonds. The third-order valence-corrected chi connectivity index (χ3v) is 3.62. The third-order valence-electron chi connectivity index (χ3n) is 2.97. The van der Waals surface area contributed by atoms with Gasteiger partial charge >= 0.3 is 11.9 Å². The Morgan fingerprint density at radius 1 is 1.32 bits per heavy atom. The van der Waals surface area contributed by atoms with Crippen LogP contribution in [0, 0.1) is 0 Å². The summed E-state index contributed by atoms with van der Waals surface area (Å²) in [5.74, 6) is -0.879. The van der Waals surface area contributed by atoms with Gasteiger partial charge in [0.25, 0.3) is 0 Å². The number of thioether (sulfide) groups is 1. The fourth-order valence-corrected chi connectivity index (χ4v) is 2.24. The molecule has 0 aliphatic carbocycles. The van der Waals surface area contributed by atoms with E-state index in [-0.39, 0.29) is 6.42 Å². The Morgan fingerprint density at radius 3 is 2.59 bits per heavy atom. The Bertz CT molecular complexity index is 496. The summed E-state index contributed by atoms with van der Waals surface area (Å²) in [6.07, 6.45) is 2.98. The lowest BCUT2D eigenvalue weighted by atomic mass is 10.1. The normalized spacial score (nSPS) is 13.0. The van der Waals surface area contributed by atoms with Crippen LogP contribution in [0.1, 0.15) is 12.0 Å². The molecule has 0 saturated heterocycles. The molecule has 6 nitrogen and oxygen atoms in total. The molecule has 0 heterocycles. The van der Waals surface area contributed by atoms with E-state index in [2.05, 4.69) is 5.32 Å². The topological polar surface area (TPSA) is 98.5 Å². The van der Waals surface area contributed by atoms with Crippen molar-refractivity contribution in [3.63, 3.8) is 0 Å². The van der Waals surface area contributed by atoms with Crippen LogP contribution >= 0.6 is 11.8 Å². The van der Waals surface area contributed by atoms with Gasteiger partial charge in [-0.25, -0.2) is 9.59 Å². The summed E-state index contributed by atoms with van der Waals surface area (Å²) < 4.78 is 4.76. The molecule has 1 rings (SSSR count). The number of esters is 2. The fourth-order valence-electron chi connectivity index (χ4n) is 1.75. The number of nitrogens with one attached hydrogen (secondary N) is 1. The van der Waals surface area contributed by atoms with Gasteiger partial charge in [0.2, 0.25) is 6.41 Å². The first-order valence-electron chi connectivity index (χ1n) is 6.82. The quantitative estimate of drug-likeness (QED) is 0.390. The Hall–Kier alpha value is -1.86. The van der Waals surface area contributed by atoms with Gasteiger partial charge in [-0.3, -0.25) is 4.79 Å². The van der Waals surface area contributed by atoms with E-state index in [1.165, 1.54) is 0 Å². The number of amides is 1. The molecular weight excluding hydrogens is 304 g/mol. The summed E-state index contributed by atoms with van der Waals surface area (Å²) in [4.78, 5) is 34.4. The second-order valence-corrected chi connectivity index (χ2v) is 5.64. The van der Waals surface area contributed by atoms with Gasteiger partial charge in [-0.1, -0.05) is 30.3 Å². The summed E-state index contributed by atoms with van der Waals surface area (Å²) in [5, 5.41) is 2.37. The number of nitrogens with two attached hydrogens (primary N) is 1. The molecule has 0 spiro atoms. The summed E-state index contributed by atoms with van der Waals surface area (Å²) in [7, 11) is 0. The van der Waals surface area contributed by atoms with Crippen LogP contribution in [0.4, 0.5) is 0 Å². The van der Waals surface area contributed by atoms with Crippen LogP contribution in [0.3, 0.4) is 0 Å². The van der Waals surface area contributed by atoms with Crippen LogP contribution in [0.15, 0.2) is 30.3 Å². The minimum Gasteiger partial charge on any atom is -0.390 e. The SMILES string of the molecule is CSCC[C@H](N)C(=O)OC(=O)[C@H](Cc1ccccc1)NC=O. The molecule has 0 aliphatic heterocycles. The molecule has 0 aromatic heterocycles. The number of rotatable bonds is 9. The van der Waals surface area contributed by atoms with Crippen LogP contribution < -0.4 is 11.1 Å². The van der Waals surface area contributed by atoms with Gasteiger partial charge in [-0.15, -0.1) is 0 Å². The Balaban J connectivity index is 2.61. The highest BCUT2D eigenvalue weighted by molar-refractivity contribution is 7.98. The van der Waals surface area contributed by atoms with Gasteiger partial charge in [-0.05, 0) is 24.0 Å². The van der Waals surface area contributed by atoms with E-state index in [4.69, 9.17) is 10.5 Å². The lowest BCUT2D eigenvalue weighted by Crippen LogP contribution is -2.43. The maximum atomic E-state index is 12.0. The first kappa shape index (κ1) is 18.2. The highest BCUT2D eigenvalue weighted by Crippen LogP contribution is 2.06. The molecule has 1 aromatic rings. The molecule has 0 radical (unpaired) electrons. The summed E-state index contributed by atoms with van der Waals surface area (Å²) >= 11 is 1.55. The molecular formula is C15H20N2O4S. The molecule has 22 heavy (non-hydrogen) atoms. The Kier molecular flexibility index (Phi) is 8.24. The van der Waals surface area contributed by atoms with Crippen LogP contribution in [-0.2, 0) is 25.5 Å². The lowest BCUT2D eigenvalue weighted by molar-refractivity contribution is -0.162. The molecule has 0 fully saturated rings. The third kappa shape index (κ3) is 6.28. The van der Waals surface area contributed by atoms with Crippen LogP contribution in [0.2, 0.25) is 0 Å². The maximum Gasteiger partial charge on any atom is 0.336 e. The number of carbonyl (C=O) groups excluding carboxylic acids is 3. The molecule has 0 bridgehead atoms. The zero-order valence-electron chi connectivity index (χ0n) is 12.4. The Labute approximate surface area is 133 Å². The lowest BCUT2D eigenvalue weighted by Gasteiger charge is -2.16. The van der Waals surface area contributed by atoms with Crippen molar-refractivity contribution in [2.24, 2.45) is 5.73 Å². The average Bonchev–Trinajstić information content (AvgIpc) is 2.53. The molecule has 120 valence electrons. The van der Waals surface area contributed by atoms with Gasteiger partial charge in [0.15, 0.2) is 0 Å². The monoisotopic (exact) mass is 324 g/mol. The summed E-state index contributed by atoms with van der Waals surface area (Å²) in [6, 6.07) is 7.36. The van der Waals surface area contributed by atoms with Crippen molar-refractivity contribution in [2.45, 2.75) is 24.9 Å². The van der Waals surface area contributed by atoms with E-state index in [1.807, 2.05) is 36.6 Å². The number of benzene rings is 1. The number of hydrogen-bond acceptors (Lipinski definition) is 6. The highest BCUT2D eigenvalue weighted by atomic mass is 32.2. The smallest absolute Gasteiger partial charge is 0.336 e. The molecule has 7 heteroatoms. The van der Waals surface area contributed by atoms with Crippen molar-refractivity contribution in [1.29, 1.82) is 0 Å². The van der Waals surface area contributed by atoms with Crippen molar-refractivity contribution >= 4 is 30.1 Å². The number of ether oxygens (including phenoxy) is 1. The second kappa shape index (κ2) is 9.97. The molecule has 0 unspecified atom stereocenters. The first-order chi connectivity index (χ1) is 10.6. The highest BCUT2D eigenvalue weighted by Gasteiger charge is 2.25. The van der Waals surface area contributed by atoms with Gasteiger partial charge < -0.3 is 15.8 Å². The largest absolute Gasteiger partial charge is 0.390 e. The molecule has 1 aromatic carbocycles. The fraction of sp³-hybridized carbons (Fsp3) is 0.400. The van der Waals surface area contributed by atoms with Gasteiger partial charge in [0.1, 0.15) is 12.1 Å². The van der Waals surface area contributed by atoms with E-state index >= 15 is 0 Å². The van der Waals surface area contributed by atoms with Crippen LogP contribution in [0.25, 0.3) is 0 Å². The predicted molar refractivity (Wildman–Crippen MR) is 85.2 cm³/mol. The van der Waals surface area contributed by atoms with Crippen LogP contribution in [-0.4, -0.2) is 42.4 Å². The molecule has 2 atom stereocenters. The molecule has 3 N–H and O–H groups in total. The maximum absolute atomic E-state index is 12.0. The van der Waals surface area contributed by atoms with Crippen molar-refractivity contribution < 1.29 is 19.1 Å². The van der Waals surface area contributed by atoms with Crippen molar-refractivity contribution in [3.8, 4) is 0 Å². The van der Waals surface area contributed by atoms with E-state index in [0.717, 1.165) is 5.56 Å². The molecule has 0 aliphatic rings. The van der Waals surface area contributed by atoms with Crippen molar-refractivity contribution in [3.05, 3.63) is 35.9 Å². The second-order valence-electron chi connectivity index (χ2n) is 4.65. The zero-order chi connectivity index (χ0) is 16.4. The minimum atomic E-state index is -0.920. The van der Waals surface area contributed by atoms with Gasteiger partial charge in [-0.2, -0.15) is 11.8 Å². The van der Waals surface area contributed by atoms with Crippen LogP contribution in [0.5, 0.6) is 0 Å². The average molecular weight is 324 g/mol. The predicted octanol–water partition coefficient (Wildman–Crippen LogP) is 0.494. The van der Waals surface area contributed by atoms with E-state index in [1.54, 1.807) is 11.8 Å². The van der Waals surface area contributed by atoms with E-state index < -0.39 is 24.0 Å². The minimum absolute atomic E-state index is 0.242. The number of carbonyl (C=O) groups is 3. The van der Waals surface area contributed by atoms with E-state index in [9.17, 15) is 14.4 Å². The van der Waals surface area contributed by atoms with Crippen molar-refractivity contribution in [2.75, 3.05) is 12.0 Å². The first-order valence-corrected chi connectivity index (χ1v) is 8.21. The standard InChI is InChI=1S/C15H20N2O4S/c1-22-8-7-12(16)14(19)21-15(20)13(17-10-18)9-11-5-3-2-4-6-11/h2-6,10,12-13H,7-9,16H2,1H3,(H,17,18)/t12-,13-/m0/s1. The molecule has 0 saturated carbocycles. The number of hydrogen-bond donors (Lipinski definition) is 2. The Morgan fingerprint density at radius 2 is 2.00 bits per heavy atom.